The second-order valence-electron chi connectivity index (χ2n) is 9.73. The highest BCUT2D eigenvalue weighted by Gasteiger charge is 2.38. The van der Waals surface area contributed by atoms with Gasteiger partial charge in [-0.25, -0.2) is 4.79 Å². The minimum Gasteiger partial charge on any atom is -0.444 e. The first kappa shape index (κ1) is 23.4. The molecular formula is C21H38N2O4. The molecule has 1 aliphatic rings. The molecule has 1 fully saturated rings. The average molecular weight is 383 g/mol. The summed E-state index contributed by atoms with van der Waals surface area (Å²) in [6, 6.07) is -0.705. The normalized spacial score (nSPS) is 18.3. The Bertz CT molecular complexity index is 525. The van der Waals surface area contributed by atoms with Crippen molar-refractivity contribution in [3.8, 4) is 0 Å². The Morgan fingerprint density at radius 1 is 1.00 bits per heavy atom. The van der Waals surface area contributed by atoms with E-state index in [0.717, 1.165) is 25.7 Å². The van der Waals surface area contributed by atoms with Gasteiger partial charge in [-0.05, 0) is 44.9 Å². The molecule has 156 valence electrons. The van der Waals surface area contributed by atoms with Gasteiger partial charge in [0.2, 0.25) is 5.91 Å². The largest absolute Gasteiger partial charge is 0.444 e. The van der Waals surface area contributed by atoms with Crippen molar-refractivity contribution in [1.29, 1.82) is 0 Å². The van der Waals surface area contributed by atoms with Gasteiger partial charge in [0.15, 0.2) is 5.78 Å². The number of carbonyl (C=O) groups excluding carboxylic acids is 3. The first-order valence-electron chi connectivity index (χ1n) is 10.1. The fraction of sp³-hybridized carbons (Fsp3) is 0.857. The number of hydrogen-bond acceptors (Lipinski definition) is 4. The number of rotatable bonds is 6. The van der Waals surface area contributed by atoms with Gasteiger partial charge in [-0.2, -0.15) is 0 Å². The molecule has 27 heavy (non-hydrogen) atoms. The van der Waals surface area contributed by atoms with Crippen LogP contribution < -0.4 is 10.6 Å². The highest BCUT2D eigenvalue weighted by molar-refractivity contribution is 5.92. The van der Waals surface area contributed by atoms with E-state index in [9.17, 15) is 14.4 Å². The Morgan fingerprint density at radius 2 is 1.56 bits per heavy atom. The lowest BCUT2D eigenvalue weighted by atomic mass is 9.74. The molecule has 6 nitrogen and oxygen atoms in total. The van der Waals surface area contributed by atoms with Crippen LogP contribution in [0.3, 0.4) is 0 Å². The molecule has 0 heterocycles. The minimum atomic E-state index is -0.705. The van der Waals surface area contributed by atoms with Gasteiger partial charge in [0.05, 0.1) is 6.04 Å². The standard InChI is InChI=1S/C21H38N2O4/c1-20(2,3)17(23-19(26)27-21(4,5)6)16(24)13-15(18(25)22-7)14-11-9-8-10-12-14/h14-15,17H,8-13H2,1-7H3,(H,22,25)(H,23,26)/t15-,17+/m0/s1. The van der Waals surface area contributed by atoms with Crippen molar-refractivity contribution in [1.82, 2.24) is 10.6 Å². The molecule has 0 unspecified atom stereocenters. The molecule has 0 spiro atoms. The number of Topliss-reactive ketones (excluding diaryl/α,β-unsaturated/α-hetero) is 1. The predicted molar refractivity (Wildman–Crippen MR) is 106 cm³/mol. The highest BCUT2D eigenvalue weighted by atomic mass is 16.6. The Labute approximate surface area is 164 Å². The number of alkyl carbamates (subject to hydrolysis) is 1. The molecule has 0 aromatic carbocycles. The van der Waals surface area contributed by atoms with Crippen LogP contribution in [-0.4, -0.2) is 36.5 Å². The number of carbonyl (C=O) groups is 3. The van der Waals surface area contributed by atoms with E-state index < -0.39 is 23.2 Å². The number of ether oxygens (including phenoxy) is 1. The first-order chi connectivity index (χ1) is 12.3. The van der Waals surface area contributed by atoms with Crippen LogP contribution in [0.1, 0.15) is 80.1 Å². The van der Waals surface area contributed by atoms with Gasteiger partial charge in [0, 0.05) is 19.4 Å². The van der Waals surface area contributed by atoms with Crippen LogP contribution in [0.2, 0.25) is 0 Å². The van der Waals surface area contributed by atoms with Crippen molar-refractivity contribution in [3.63, 3.8) is 0 Å². The van der Waals surface area contributed by atoms with Gasteiger partial charge in [-0.3, -0.25) is 9.59 Å². The van der Waals surface area contributed by atoms with Gasteiger partial charge in [0.1, 0.15) is 5.60 Å². The second-order valence-corrected chi connectivity index (χ2v) is 9.73. The summed E-state index contributed by atoms with van der Waals surface area (Å²) < 4.78 is 5.32. The molecule has 2 N–H and O–H groups in total. The molecule has 0 saturated heterocycles. The average Bonchev–Trinajstić information content (AvgIpc) is 2.55. The van der Waals surface area contributed by atoms with E-state index in [4.69, 9.17) is 4.74 Å². The van der Waals surface area contributed by atoms with E-state index in [1.165, 1.54) is 6.42 Å². The van der Waals surface area contributed by atoms with Gasteiger partial charge in [0.25, 0.3) is 0 Å². The maximum atomic E-state index is 13.1. The van der Waals surface area contributed by atoms with Crippen molar-refractivity contribution >= 4 is 17.8 Å². The number of ketones is 1. The zero-order chi connectivity index (χ0) is 20.8. The molecule has 0 radical (unpaired) electrons. The molecule has 1 rings (SSSR count). The molecule has 0 aliphatic heterocycles. The third-order valence-electron chi connectivity index (χ3n) is 5.07. The number of amides is 2. The van der Waals surface area contributed by atoms with Crippen molar-refractivity contribution in [2.75, 3.05) is 7.05 Å². The van der Waals surface area contributed by atoms with Crippen LogP contribution in [0, 0.1) is 17.3 Å². The molecule has 6 heteroatoms. The summed E-state index contributed by atoms with van der Waals surface area (Å²) in [6.07, 6.45) is 4.88. The van der Waals surface area contributed by atoms with Crippen LogP contribution in [0.4, 0.5) is 4.79 Å². The summed E-state index contributed by atoms with van der Waals surface area (Å²) >= 11 is 0. The summed E-state index contributed by atoms with van der Waals surface area (Å²) in [5.41, 5.74) is -1.11. The van der Waals surface area contributed by atoms with Gasteiger partial charge in [-0.1, -0.05) is 40.0 Å². The lowest BCUT2D eigenvalue weighted by Crippen LogP contribution is -2.51. The van der Waals surface area contributed by atoms with Crippen molar-refractivity contribution in [2.45, 2.75) is 91.7 Å². The zero-order valence-electron chi connectivity index (χ0n) is 18.1. The summed E-state index contributed by atoms with van der Waals surface area (Å²) in [4.78, 5) is 37.8. The molecule has 1 saturated carbocycles. The van der Waals surface area contributed by atoms with Crippen LogP contribution in [0.5, 0.6) is 0 Å². The van der Waals surface area contributed by atoms with E-state index >= 15 is 0 Å². The summed E-state index contributed by atoms with van der Waals surface area (Å²) in [5, 5.41) is 5.45. The van der Waals surface area contributed by atoms with Crippen molar-refractivity contribution in [3.05, 3.63) is 0 Å². The predicted octanol–water partition coefficient (Wildman–Crippen LogP) is 3.83. The number of hydrogen-bond donors (Lipinski definition) is 2. The fourth-order valence-corrected chi connectivity index (χ4v) is 3.74. The lowest BCUT2D eigenvalue weighted by Gasteiger charge is -2.34. The van der Waals surface area contributed by atoms with E-state index in [1.807, 2.05) is 20.8 Å². The van der Waals surface area contributed by atoms with E-state index in [-0.39, 0.29) is 29.9 Å². The van der Waals surface area contributed by atoms with Crippen molar-refractivity contribution in [2.24, 2.45) is 17.3 Å². The maximum Gasteiger partial charge on any atom is 0.408 e. The second kappa shape index (κ2) is 9.56. The Balaban J connectivity index is 2.92. The summed E-state index contributed by atoms with van der Waals surface area (Å²) in [7, 11) is 1.61. The van der Waals surface area contributed by atoms with Crippen LogP contribution in [0.15, 0.2) is 0 Å². The molecule has 2 amide bonds. The zero-order valence-corrected chi connectivity index (χ0v) is 18.1. The van der Waals surface area contributed by atoms with E-state index in [2.05, 4.69) is 10.6 Å². The Morgan fingerprint density at radius 3 is 2.00 bits per heavy atom. The quantitative estimate of drug-likeness (QED) is 0.731. The van der Waals surface area contributed by atoms with E-state index in [1.54, 1.807) is 27.8 Å². The van der Waals surface area contributed by atoms with Gasteiger partial charge >= 0.3 is 6.09 Å². The summed E-state index contributed by atoms with van der Waals surface area (Å²) in [6.45, 7) is 11.1. The fourth-order valence-electron chi connectivity index (χ4n) is 3.74. The van der Waals surface area contributed by atoms with Crippen molar-refractivity contribution < 1.29 is 19.1 Å². The van der Waals surface area contributed by atoms with Crippen LogP contribution in [-0.2, 0) is 14.3 Å². The van der Waals surface area contributed by atoms with Crippen LogP contribution in [0.25, 0.3) is 0 Å². The highest BCUT2D eigenvalue weighted by Crippen LogP contribution is 2.33. The Kier molecular flexibility index (Phi) is 8.30. The Hall–Kier alpha value is -1.59. The third-order valence-corrected chi connectivity index (χ3v) is 5.07. The maximum absolute atomic E-state index is 13.1. The van der Waals surface area contributed by atoms with Gasteiger partial charge in [-0.15, -0.1) is 0 Å². The van der Waals surface area contributed by atoms with Gasteiger partial charge < -0.3 is 15.4 Å². The SMILES string of the molecule is CNC(=O)[C@@H](CC(=O)[C@@H](NC(=O)OC(C)(C)C)C(C)(C)C)C1CCCCC1. The number of nitrogens with one attached hydrogen (secondary N) is 2. The molecular weight excluding hydrogens is 344 g/mol. The third kappa shape index (κ3) is 7.89. The molecule has 0 aromatic rings. The minimum absolute atomic E-state index is 0.0832. The smallest absolute Gasteiger partial charge is 0.408 e. The topological polar surface area (TPSA) is 84.5 Å². The van der Waals surface area contributed by atoms with Crippen LogP contribution >= 0.6 is 0 Å². The molecule has 0 bridgehead atoms. The first-order valence-corrected chi connectivity index (χ1v) is 10.1. The molecule has 1 aliphatic carbocycles. The molecule has 2 atom stereocenters. The monoisotopic (exact) mass is 382 g/mol. The lowest BCUT2D eigenvalue weighted by molar-refractivity contribution is -0.133. The van der Waals surface area contributed by atoms with E-state index in [0.29, 0.717) is 0 Å². The summed E-state index contributed by atoms with van der Waals surface area (Å²) in [5.74, 6) is -0.314. The molecule has 0 aromatic heterocycles.